The average Bonchev–Trinajstić information content (AvgIpc) is 3.05. The molecular weight excluding hydrogens is 318 g/mol. The molecule has 1 aliphatic heterocycles. The Labute approximate surface area is 148 Å². The first kappa shape index (κ1) is 17.5. The minimum Gasteiger partial charge on any atom is -0.378 e. The molecule has 0 saturated carbocycles. The first-order valence-corrected chi connectivity index (χ1v) is 8.82. The molecule has 0 bridgehead atoms. The Morgan fingerprint density at radius 3 is 2.76 bits per heavy atom. The summed E-state index contributed by atoms with van der Waals surface area (Å²) >= 11 is 0. The molecule has 0 N–H and O–H groups in total. The smallest absolute Gasteiger partial charge is 0.253 e. The third kappa shape index (κ3) is 4.63. The summed E-state index contributed by atoms with van der Waals surface area (Å²) in [6.45, 7) is 4.03. The fourth-order valence-electron chi connectivity index (χ4n) is 3.02. The molecule has 7 nitrogen and oxygen atoms in total. The second-order valence-corrected chi connectivity index (χ2v) is 6.58. The third-order valence-electron chi connectivity index (χ3n) is 4.65. The van der Waals surface area contributed by atoms with Crippen LogP contribution in [0.4, 0.5) is 0 Å². The van der Waals surface area contributed by atoms with Gasteiger partial charge in [0.2, 0.25) is 0 Å². The van der Waals surface area contributed by atoms with Crippen molar-refractivity contribution in [3.8, 4) is 0 Å². The predicted octanol–water partition coefficient (Wildman–Crippen LogP) is 2.06. The Bertz CT molecular complexity index is 692. The summed E-state index contributed by atoms with van der Waals surface area (Å²) in [6, 6.07) is 7.63. The highest BCUT2D eigenvalue weighted by atomic mass is 16.5. The maximum Gasteiger partial charge on any atom is 0.253 e. The standard InChI is InChI=1S/C18H25N5O2/c1-14-19-20-21-23(14)13-15-6-8-16(9-7-15)18(24)22(2)11-10-17-5-3-4-12-25-17/h6-9,17H,3-5,10-13H2,1-2H3/t17-/m0/s1. The van der Waals surface area contributed by atoms with Crippen molar-refractivity contribution in [2.45, 2.75) is 45.3 Å². The number of nitrogens with zero attached hydrogens (tertiary/aromatic N) is 5. The van der Waals surface area contributed by atoms with E-state index in [2.05, 4.69) is 15.5 Å². The van der Waals surface area contributed by atoms with E-state index in [1.165, 1.54) is 6.42 Å². The molecule has 0 unspecified atom stereocenters. The van der Waals surface area contributed by atoms with Crippen molar-refractivity contribution < 1.29 is 9.53 Å². The van der Waals surface area contributed by atoms with Crippen LogP contribution < -0.4 is 0 Å². The molecule has 2 aromatic rings. The molecule has 1 amide bonds. The molecule has 134 valence electrons. The van der Waals surface area contributed by atoms with Gasteiger partial charge >= 0.3 is 0 Å². The third-order valence-corrected chi connectivity index (χ3v) is 4.65. The summed E-state index contributed by atoms with van der Waals surface area (Å²) in [5.41, 5.74) is 1.76. The van der Waals surface area contributed by atoms with Crippen LogP contribution in [0.25, 0.3) is 0 Å². The van der Waals surface area contributed by atoms with E-state index in [9.17, 15) is 4.79 Å². The van der Waals surface area contributed by atoms with Gasteiger partial charge in [0.25, 0.3) is 5.91 Å². The first-order chi connectivity index (χ1) is 12.1. The molecule has 2 heterocycles. The van der Waals surface area contributed by atoms with Crippen LogP contribution in [0.15, 0.2) is 24.3 Å². The highest BCUT2D eigenvalue weighted by Crippen LogP contribution is 2.16. The van der Waals surface area contributed by atoms with E-state index < -0.39 is 0 Å². The van der Waals surface area contributed by atoms with Gasteiger partial charge in [-0.15, -0.1) is 5.10 Å². The zero-order chi connectivity index (χ0) is 17.6. The van der Waals surface area contributed by atoms with Crippen LogP contribution in [0.1, 0.15) is 47.4 Å². The molecule has 1 aliphatic rings. The highest BCUT2D eigenvalue weighted by Gasteiger charge is 2.17. The molecule has 25 heavy (non-hydrogen) atoms. The van der Waals surface area contributed by atoms with Gasteiger partial charge in [0.1, 0.15) is 5.82 Å². The normalized spacial score (nSPS) is 17.4. The van der Waals surface area contributed by atoms with Crippen molar-refractivity contribution >= 4 is 5.91 Å². The number of carbonyl (C=O) groups excluding carboxylic acids is 1. The molecule has 1 aromatic carbocycles. The second kappa shape index (κ2) is 8.20. The number of aryl methyl sites for hydroxylation is 1. The molecule has 0 radical (unpaired) electrons. The van der Waals surface area contributed by atoms with Gasteiger partial charge < -0.3 is 9.64 Å². The Morgan fingerprint density at radius 1 is 1.32 bits per heavy atom. The van der Waals surface area contributed by atoms with E-state index in [0.717, 1.165) is 43.8 Å². The number of benzene rings is 1. The maximum absolute atomic E-state index is 12.5. The summed E-state index contributed by atoms with van der Waals surface area (Å²) in [5, 5.41) is 11.4. The van der Waals surface area contributed by atoms with Crippen molar-refractivity contribution in [2.24, 2.45) is 0 Å². The number of rotatable bonds is 6. The van der Waals surface area contributed by atoms with Gasteiger partial charge in [-0.05, 0) is 60.7 Å². The number of tetrazole rings is 1. The van der Waals surface area contributed by atoms with Gasteiger partial charge in [0.05, 0.1) is 12.6 Å². The molecule has 1 fully saturated rings. The van der Waals surface area contributed by atoms with Crippen LogP contribution in [0.2, 0.25) is 0 Å². The van der Waals surface area contributed by atoms with Gasteiger partial charge in [0, 0.05) is 25.8 Å². The van der Waals surface area contributed by atoms with Crippen molar-refractivity contribution in [2.75, 3.05) is 20.2 Å². The number of hydrogen-bond acceptors (Lipinski definition) is 5. The van der Waals surface area contributed by atoms with Crippen molar-refractivity contribution in [3.63, 3.8) is 0 Å². The zero-order valence-corrected chi connectivity index (χ0v) is 14.9. The quantitative estimate of drug-likeness (QED) is 0.803. The van der Waals surface area contributed by atoms with Crippen LogP contribution in [-0.2, 0) is 11.3 Å². The lowest BCUT2D eigenvalue weighted by atomic mass is 10.1. The minimum absolute atomic E-state index is 0.0426. The minimum atomic E-state index is 0.0426. The van der Waals surface area contributed by atoms with Gasteiger partial charge in [-0.2, -0.15) is 0 Å². The average molecular weight is 343 g/mol. The molecule has 7 heteroatoms. The number of hydrogen-bond donors (Lipinski definition) is 0. The van der Waals surface area contributed by atoms with Crippen LogP contribution in [-0.4, -0.2) is 57.3 Å². The molecule has 1 aromatic heterocycles. The van der Waals surface area contributed by atoms with E-state index in [1.807, 2.05) is 38.2 Å². The van der Waals surface area contributed by atoms with E-state index in [0.29, 0.717) is 18.2 Å². The maximum atomic E-state index is 12.5. The Kier molecular flexibility index (Phi) is 5.75. The summed E-state index contributed by atoms with van der Waals surface area (Å²) in [6.07, 6.45) is 4.68. The van der Waals surface area contributed by atoms with Crippen molar-refractivity contribution in [3.05, 3.63) is 41.2 Å². The Hall–Kier alpha value is -2.28. The highest BCUT2D eigenvalue weighted by molar-refractivity contribution is 5.94. The molecule has 0 aliphatic carbocycles. The second-order valence-electron chi connectivity index (χ2n) is 6.58. The SMILES string of the molecule is Cc1nnnn1Cc1ccc(C(=O)N(C)CC[C@@H]2CCCCO2)cc1. The number of ether oxygens (including phenoxy) is 1. The topological polar surface area (TPSA) is 73.1 Å². The van der Waals surface area contributed by atoms with Gasteiger partial charge in [0.15, 0.2) is 0 Å². The number of carbonyl (C=O) groups is 1. The largest absolute Gasteiger partial charge is 0.378 e. The van der Waals surface area contributed by atoms with Gasteiger partial charge in [-0.1, -0.05) is 12.1 Å². The lowest BCUT2D eigenvalue weighted by molar-refractivity contribution is 0.00709. The van der Waals surface area contributed by atoms with Crippen molar-refractivity contribution in [1.29, 1.82) is 0 Å². The van der Waals surface area contributed by atoms with Crippen molar-refractivity contribution in [1.82, 2.24) is 25.1 Å². The summed E-state index contributed by atoms with van der Waals surface area (Å²) in [4.78, 5) is 14.3. The van der Waals surface area contributed by atoms with E-state index in [4.69, 9.17) is 4.74 Å². The summed E-state index contributed by atoms with van der Waals surface area (Å²) in [7, 11) is 1.85. The fraction of sp³-hybridized carbons (Fsp3) is 0.556. The van der Waals surface area contributed by atoms with Gasteiger partial charge in [-0.25, -0.2) is 4.68 Å². The molecule has 1 saturated heterocycles. The van der Waals surface area contributed by atoms with Crippen LogP contribution in [0.5, 0.6) is 0 Å². The molecule has 0 spiro atoms. The molecule has 1 atom stereocenters. The Morgan fingerprint density at radius 2 is 2.12 bits per heavy atom. The molecular formula is C18H25N5O2. The van der Waals surface area contributed by atoms with E-state index >= 15 is 0 Å². The lowest BCUT2D eigenvalue weighted by Crippen LogP contribution is -2.31. The lowest BCUT2D eigenvalue weighted by Gasteiger charge is -2.25. The van der Waals surface area contributed by atoms with E-state index in [1.54, 1.807) is 9.58 Å². The number of amides is 1. The zero-order valence-electron chi connectivity index (χ0n) is 14.9. The Balaban J connectivity index is 1.53. The first-order valence-electron chi connectivity index (χ1n) is 8.82. The number of aromatic nitrogens is 4. The fourth-order valence-corrected chi connectivity index (χ4v) is 3.02. The molecule has 3 rings (SSSR count). The summed E-state index contributed by atoms with van der Waals surface area (Å²) < 4.78 is 7.46. The monoisotopic (exact) mass is 343 g/mol. The van der Waals surface area contributed by atoms with E-state index in [-0.39, 0.29) is 5.91 Å². The van der Waals surface area contributed by atoms with Crippen LogP contribution in [0.3, 0.4) is 0 Å². The van der Waals surface area contributed by atoms with Crippen LogP contribution >= 0.6 is 0 Å². The summed E-state index contributed by atoms with van der Waals surface area (Å²) in [5.74, 6) is 0.811. The van der Waals surface area contributed by atoms with Gasteiger partial charge in [-0.3, -0.25) is 4.79 Å². The van der Waals surface area contributed by atoms with Crippen LogP contribution in [0, 0.1) is 6.92 Å². The predicted molar refractivity (Wildman–Crippen MR) is 93.3 cm³/mol.